The average Bonchev–Trinajstić information content (AvgIpc) is 2.38. The van der Waals surface area contributed by atoms with Crippen LogP contribution in [-0.4, -0.2) is 6.61 Å². The van der Waals surface area contributed by atoms with Gasteiger partial charge in [-0.05, 0) is 42.7 Å². The molecule has 0 aromatic heterocycles. The van der Waals surface area contributed by atoms with E-state index in [0.717, 1.165) is 22.4 Å². The van der Waals surface area contributed by atoms with E-state index in [0.29, 0.717) is 11.6 Å². The molecule has 3 heteroatoms. The highest BCUT2D eigenvalue weighted by molar-refractivity contribution is 6.30. The minimum Gasteiger partial charge on any atom is -0.491 e. The normalized spacial score (nSPS) is 12.2. The largest absolute Gasteiger partial charge is 0.491 e. The average molecular weight is 276 g/mol. The highest BCUT2D eigenvalue weighted by atomic mass is 35.5. The number of rotatable bonds is 4. The SMILES string of the molecule is Cc1cccc(C)c1OC[C@H](N)c1ccc(Cl)cc1. The Labute approximate surface area is 119 Å². The van der Waals surface area contributed by atoms with Gasteiger partial charge >= 0.3 is 0 Å². The zero-order valence-electron chi connectivity index (χ0n) is 11.2. The Kier molecular flexibility index (Phi) is 4.46. The Morgan fingerprint density at radius 2 is 1.63 bits per heavy atom. The number of halogens is 1. The standard InChI is InChI=1S/C16H18ClNO/c1-11-4-3-5-12(2)16(11)19-10-15(18)13-6-8-14(17)9-7-13/h3-9,15H,10,18H2,1-2H3/t15-/m0/s1. The lowest BCUT2D eigenvalue weighted by Crippen LogP contribution is -2.19. The monoisotopic (exact) mass is 275 g/mol. The fourth-order valence-corrected chi connectivity index (χ4v) is 2.13. The summed E-state index contributed by atoms with van der Waals surface area (Å²) in [6.07, 6.45) is 0. The fourth-order valence-electron chi connectivity index (χ4n) is 2.01. The molecule has 100 valence electrons. The molecule has 0 unspecified atom stereocenters. The van der Waals surface area contributed by atoms with Crippen molar-refractivity contribution in [2.75, 3.05) is 6.61 Å². The first-order chi connectivity index (χ1) is 9.08. The number of ether oxygens (including phenoxy) is 1. The summed E-state index contributed by atoms with van der Waals surface area (Å²) in [7, 11) is 0. The van der Waals surface area contributed by atoms with Gasteiger partial charge in [-0.3, -0.25) is 0 Å². The molecule has 2 nitrogen and oxygen atoms in total. The minimum atomic E-state index is -0.156. The van der Waals surface area contributed by atoms with Gasteiger partial charge in [0.15, 0.2) is 0 Å². The molecule has 2 aromatic rings. The summed E-state index contributed by atoms with van der Waals surface area (Å²) in [5, 5.41) is 0.714. The van der Waals surface area contributed by atoms with Crippen molar-refractivity contribution < 1.29 is 4.74 Å². The summed E-state index contributed by atoms with van der Waals surface area (Å²) in [5.74, 6) is 0.923. The number of para-hydroxylation sites is 1. The Morgan fingerprint density at radius 3 is 2.21 bits per heavy atom. The summed E-state index contributed by atoms with van der Waals surface area (Å²) < 4.78 is 5.86. The van der Waals surface area contributed by atoms with Gasteiger partial charge in [0.1, 0.15) is 12.4 Å². The summed E-state index contributed by atoms with van der Waals surface area (Å²) in [5.41, 5.74) is 9.40. The summed E-state index contributed by atoms with van der Waals surface area (Å²) in [6, 6.07) is 13.5. The predicted octanol–water partition coefficient (Wildman–Crippen LogP) is 4.04. The molecule has 0 heterocycles. The highest BCUT2D eigenvalue weighted by Gasteiger charge is 2.09. The maximum atomic E-state index is 6.12. The Morgan fingerprint density at radius 1 is 1.05 bits per heavy atom. The smallest absolute Gasteiger partial charge is 0.125 e. The van der Waals surface area contributed by atoms with Crippen molar-refractivity contribution in [3.05, 3.63) is 64.2 Å². The topological polar surface area (TPSA) is 35.2 Å². The highest BCUT2D eigenvalue weighted by Crippen LogP contribution is 2.24. The first-order valence-electron chi connectivity index (χ1n) is 6.28. The maximum absolute atomic E-state index is 6.12. The van der Waals surface area contributed by atoms with Gasteiger partial charge in [-0.25, -0.2) is 0 Å². The van der Waals surface area contributed by atoms with Crippen molar-refractivity contribution in [1.29, 1.82) is 0 Å². The van der Waals surface area contributed by atoms with Crippen LogP contribution in [0.3, 0.4) is 0 Å². The van der Waals surface area contributed by atoms with Crippen molar-refractivity contribution in [3.8, 4) is 5.75 Å². The molecule has 2 rings (SSSR count). The Hall–Kier alpha value is -1.51. The summed E-state index contributed by atoms with van der Waals surface area (Å²) >= 11 is 5.86. The number of aryl methyl sites for hydroxylation is 2. The first kappa shape index (κ1) is 13.9. The van der Waals surface area contributed by atoms with Crippen molar-refractivity contribution in [2.24, 2.45) is 5.73 Å². The quantitative estimate of drug-likeness (QED) is 0.914. The van der Waals surface area contributed by atoms with Crippen LogP contribution in [-0.2, 0) is 0 Å². The third kappa shape index (κ3) is 3.49. The Bertz CT molecular complexity index is 531. The second-order valence-electron chi connectivity index (χ2n) is 4.69. The van der Waals surface area contributed by atoms with Crippen LogP contribution in [0.15, 0.2) is 42.5 Å². The number of hydrogen-bond donors (Lipinski definition) is 1. The van der Waals surface area contributed by atoms with Crippen LogP contribution in [0.2, 0.25) is 5.02 Å². The van der Waals surface area contributed by atoms with Crippen molar-refractivity contribution in [3.63, 3.8) is 0 Å². The van der Waals surface area contributed by atoms with Crippen LogP contribution in [0.5, 0.6) is 5.75 Å². The van der Waals surface area contributed by atoms with E-state index in [-0.39, 0.29) is 6.04 Å². The molecule has 1 atom stereocenters. The lowest BCUT2D eigenvalue weighted by molar-refractivity contribution is 0.287. The van der Waals surface area contributed by atoms with Crippen LogP contribution in [0.4, 0.5) is 0 Å². The van der Waals surface area contributed by atoms with Crippen LogP contribution < -0.4 is 10.5 Å². The van der Waals surface area contributed by atoms with E-state index in [1.807, 2.05) is 56.3 Å². The Balaban J connectivity index is 2.04. The van der Waals surface area contributed by atoms with Crippen LogP contribution >= 0.6 is 11.6 Å². The molecule has 0 aliphatic rings. The van der Waals surface area contributed by atoms with E-state index >= 15 is 0 Å². The molecular formula is C16H18ClNO. The molecule has 0 fully saturated rings. The van der Waals surface area contributed by atoms with Gasteiger partial charge in [0.2, 0.25) is 0 Å². The molecule has 2 N–H and O–H groups in total. The molecule has 0 aliphatic heterocycles. The first-order valence-corrected chi connectivity index (χ1v) is 6.66. The molecule has 0 amide bonds. The third-order valence-corrected chi connectivity index (χ3v) is 3.37. The van der Waals surface area contributed by atoms with Crippen LogP contribution in [0, 0.1) is 13.8 Å². The fraction of sp³-hybridized carbons (Fsp3) is 0.250. The van der Waals surface area contributed by atoms with Gasteiger partial charge in [0.25, 0.3) is 0 Å². The minimum absolute atomic E-state index is 0.156. The van der Waals surface area contributed by atoms with E-state index < -0.39 is 0 Å². The lowest BCUT2D eigenvalue weighted by atomic mass is 10.1. The van der Waals surface area contributed by atoms with Crippen molar-refractivity contribution in [1.82, 2.24) is 0 Å². The lowest BCUT2D eigenvalue weighted by Gasteiger charge is -2.16. The van der Waals surface area contributed by atoms with Gasteiger partial charge in [-0.1, -0.05) is 41.9 Å². The summed E-state index contributed by atoms with van der Waals surface area (Å²) in [6.45, 7) is 4.53. The molecule has 0 saturated heterocycles. The number of benzene rings is 2. The van der Waals surface area contributed by atoms with Crippen molar-refractivity contribution >= 4 is 11.6 Å². The molecule has 0 radical (unpaired) electrons. The van der Waals surface area contributed by atoms with Gasteiger partial charge in [-0.2, -0.15) is 0 Å². The van der Waals surface area contributed by atoms with E-state index in [1.54, 1.807) is 0 Å². The zero-order valence-corrected chi connectivity index (χ0v) is 11.9. The van der Waals surface area contributed by atoms with Gasteiger partial charge in [0, 0.05) is 5.02 Å². The van der Waals surface area contributed by atoms with E-state index in [9.17, 15) is 0 Å². The molecular weight excluding hydrogens is 258 g/mol. The molecule has 0 saturated carbocycles. The molecule has 2 aromatic carbocycles. The van der Waals surface area contributed by atoms with E-state index in [4.69, 9.17) is 22.1 Å². The van der Waals surface area contributed by atoms with Gasteiger partial charge < -0.3 is 10.5 Å². The maximum Gasteiger partial charge on any atom is 0.125 e. The van der Waals surface area contributed by atoms with Crippen molar-refractivity contribution in [2.45, 2.75) is 19.9 Å². The zero-order chi connectivity index (χ0) is 13.8. The van der Waals surface area contributed by atoms with E-state index in [1.165, 1.54) is 0 Å². The number of hydrogen-bond acceptors (Lipinski definition) is 2. The predicted molar refractivity (Wildman–Crippen MR) is 79.8 cm³/mol. The second-order valence-corrected chi connectivity index (χ2v) is 5.13. The van der Waals surface area contributed by atoms with Crippen LogP contribution in [0.1, 0.15) is 22.7 Å². The number of nitrogens with two attached hydrogens (primary N) is 1. The van der Waals surface area contributed by atoms with Gasteiger partial charge in [-0.15, -0.1) is 0 Å². The van der Waals surface area contributed by atoms with E-state index in [2.05, 4.69) is 0 Å². The molecule has 19 heavy (non-hydrogen) atoms. The molecule has 0 spiro atoms. The van der Waals surface area contributed by atoms with Crippen LogP contribution in [0.25, 0.3) is 0 Å². The molecule has 0 aliphatic carbocycles. The summed E-state index contributed by atoms with van der Waals surface area (Å²) in [4.78, 5) is 0. The second kappa shape index (κ2) is 6.09. The van der Waals surface area contributed by atoms with Gasteiger partial charge in [0.05, 0.1) is 6.04 Å². The third-order valence-electron chi connectivity index (χ3n) is 3.11. The molecule has 0 bridgehead atoms.